The van der Waals surface area contributed by atoms with Gasteiger partial charge in [-0.25, -0.2) is 13.8 Å². The van der Waals surface area contributed by atoms with Crippen LogP contribution in [0, 0.1) is 5.92 Å². The minimum atomic E-state index is -2.50. The van der Waals surface area contributed by atoms with Gasteiger partial charge in [-0.3, -0.25) is 0 Å². The lowest BCUT2D eigenvalue weighted by Crippen LogP contribution is -2.26. The standard InChI is InChI=1S/C15H20F2N2/c16-15(17)6-1-8-19(9-7-15)14-5-4-13(11-18-14)10-12-2-3-12/h4-5,11-12H,1-3,6-10H2. The molecule has 2 nitrogen and oxygen atoms in total. The average molecular weight is 266 g/mol. The molecule has 1 aliphatic carbocycles. The van der Waals surface area contributed by atoms with Crippen molar-refractivity contribution in [2.24, 2.45) is 5.92 Å². The van der Waals surface area contributed by atoms with E-state index in [1.54, 1.807) is 0 Å². The molecule has 0 bridgehead atoms. The van der Waals surface area contributed by atoms with Gasteiger partial charge in [0.05, 0.1) is 0 Å². The third-order valence-corrected chi connectivity index (χ3v) is 4.07. The molecule has 2 aliphatic rings. The van der Waals surface area contributed by atoms with E-state index in [4.69, 9.17) is 0 Å². The Morgan fingerprint density at radius 1 is 1.21 bits per heavy atom. The van der Waals surface area contributed by atoms with Crippen LogP contribution in [-0.4, -0.2) is 24.0 Å². The first-order valence-electron chi connectivity index (χ1n) is 7.20. The Morgan fingerprint density at radius 3 is 2.74 bits per heavy atom. The van der Waals surface area contributed by atoms with Gasteiger partial charge in [-0.2, -0.15) is 0 Å². The van der Waals surface area contributed by atoms with Gasteiger partial charge < -0.3 is 4.90 Å². The fourth-order valence-corrected chi connectivity index (χ4v) is 2.67. The molecule has 0 radical (unpaired) electrons. The van der Waals surface area contributed by atoms with Crippen LogP contribution >= 0.6 is 0 Å². The molecule has 0 spiro atoms. The van der Waals surface area contributed by atoms with Crippen molar-refractivity contribution >= 4 is 5.82 Å². The Bertz CT molecular complexity index is 426. The first kappa shape index (κ1) is 12.8. The maximum atomic E-state index is 13.3. The Labute approximate surface area is 112 Å². The smallest absolute Gasteiger partial charge is 0.249 e. The van der Waals surface area contributed by atoms with E-state index in [2.05, 4.69) is 11.1 Å². The predicted molar refractivity (Wildman–Crippen MR) is 71.7 cm³/mol. The van der Waals surface area contributed by atoms with Crippen molar-refractivity contribution in [1.82, 2.24) is 4.98 Å². The number of nitrogens with zero attached hydrogens (tertiary/aromatic N) is 2. The summed E-state index contributed by atoms with van der Waals surface area (Å²) in [5.41, 5.74) is 1.27. The van der Waals surface area contributed by atoms with Gasteiger partial charge in [0.15, 0.2) is 0 Å². The highest BCUT2D eigenvalue weighted by Gasteiger charge is 2.32. The van der Waals surface area contributed by atoms with Crippen LogP contribution < -0.4 is 4.90 Å². The molecule has 1 aliphatic heterocycles. The topological polar surface area (TPSA) is 16.1 Å². The number of hydrogen-bond donors (Lipinski definition) is 0. The molecule has 3 rings (SSSR count). The molecule has 1 saturated carbocycles. The highest BCUT2D eigenvalue weighted by atomic mass is 19.3. The largest absolute Gasteiger partial charge is 0.356 e. The van der Waals surface area contributed by atoms with Crippen LogP contribution in [0.3, 0.4) is 0 Å². The Balaban J connectivity index is 1.64. The summed E-state index contributed by atoms with van der Waals surface area (Å²) < 4.78 is 26.6. The maximum absolute atomic E-state index is 13.3. The molecule has 1 aromatic heterocycles. The zero-order valence-corrected chi connectivity index (χ0v) is 11.1. The summed E-state index contributed by atoms with van der Waals surface area (Å²) in [4.78, 5) is 6.44. The summed E-state index contributed by atoms with van der Waals surface area (Å²) in [6, 6.07) is 4.09. The van der Waals surface area contributed by atoms with Crippen LogP contribution in [-0.2, 0) is 6.42 Å². The Kier molecular flexibility index (Phi) is 3.42. The lowest BCUT2D eigenvalue weighted by atomic mass is 10.1. The minimum Gasteiger partial charge on any atom is -0.356 e. The summed E-state index contributed by atoms with van der Waals surface area (Å²) >= 11 is 0. The molecule has 0 unspecified atom stereocenters. The SMILES string of the molecule is FC1(F)CCCN(c2ccc(CC3CC3)cn2)CC1. The highest BCUT2D eigenvalue weighted by Crippen LogP contribution is 2.33. The van der Waals surface area contributed by atoms with Gasteiger partial charge >= 0.3 is 0 Å². The van der Waals surface area contributed by atoms with Gasteiger partial charge in [0.2, 0.25) is 5.92 Å². The quantitative estimate of drug-likeness (QED) is 0.830. The van der Waals surface area contributed by atoms with Gasteiger partial charge in [-0.1, -0.05) is 6.07 Å². The van der Waals surface area contributed by atoms with Crippen molar-refractivity contribution in [1.29, 1.82) is 0 Å². The monoisotopic (exact) mass is 266 g/mol. The average Bonchev–Trinajstić information content (AvgIpc) is 3.19. The molecule has 1 saturated heterocycles. The predicted octanol–water partition coefficient (Wildman–Crippen LogP) is 3.66. The van der Waals surface area contributed by atoms with Crippen LogP contribution in [0.15, 0.2) is 18.3 Å². The normalized spacial score (nSPS) is 23.2. The Hall–Kier alpha value is -1.19. The van der Waals surface area contributed by atoms with Gasteiger partial charge in [0.1, 0.15) is 5.82 Å². The molecule has 0 aromatic carbocycles. The second-order valence-corrected chi connectivity index (χ2v) is 5.87. The van der Waals surface area contributed by atoms with E-state index >= 15 is 0 Å². The van der Waals surface area contributed by atoms with E-state index in [1.807, 2.05) is 17.2 Å². The first-order chi connectivity index (χ1) is 9.12. The van der Waals surface area contributed by atoms with E-state index in [0.717, 1.165) is 18.2 Å². The van der Waals surface area contributed by atoms with Gasteiger partial charge in [0, 0.05) is 32.1 Å². The van der Waals surface area contributed by atoms with Crippen molar-refractivity contribution < 1.29 is 8.78 Å². The summed E-state index contributed by atoms with van der Waals surface area (Å²) in [5, 5.41) is 0. The summed E-state index contributed by atoms with van der Waals surface area (Å²) in [6.07, 6.45) is 6.19. The zero-order chi connectivity index (χ0) is 13.3. The number of pyridine rings is 1. The summed E-state index contributed by atoms with van der Waals surface area (Å²) in [5.74, 6) is -0.803. The first-order valence-corrected chi connectivity index (χ1v) is 7.20. The van der Waals surface area contributed by atoms with Crippen LogP contribution in [0.1, 0.15) is 37.7 Å². The number of rotatable bonds is 3. The molecule has 2 fully saturated rings. The maximum Gasteiger partial charge on any atom is 0.249 e. The molecule has 104 valence electrons. The van der Waals surface area contributed by atoms with Crippen LogP contribution in [0.5, 0.6) is 0 Å². The third-order valence-electron chi connectivity index (χ3n) is 4.07. The number of halogens is 2. The zero-order valence-electron chi connectivity index (χ0n) is 11.1. The van der Waals surface area contributed by atoms with E-state index in [9.17, 15) is 8.78 Å². The summed E-state index contributed by atoms with van der Waals surface area (Å²) in [7, 11) is 0. The van der Waals surface area contributed by atoms with Crippen molar-refractivity contribution in [3.63, 3.8) is 0 Å². The van der Waals surface area contributed by atoms with E-state index in [1.165, 1.54) is 18.4 Å². The lowest BCUT2D eigenvalue weighted by molar-refractivity contribution is -0.0102. The molecule has 2 heterocycles. The van der Waals surface area contributed by atoms with E-state index in [-0.39, 0.29) is 12.8 Å². The minimum absolute atomic E-state index is 0.00324. The summed E-state index contributed by atoms with van der Waals surface area (Å²) in [6.45, 7) is 1.09. The van der Waals surface area contributed by atoms with Crippen LogP contribution in [0.25, 0.3) is 0 Å². The fourth-order valence-electron chi connectivity index (χ4n) is 2.67. The molecule has 19 heavy (non-hydrogen) atoms. The Morgan fingerprint density at radius 2 is 2.05 bits per heavy atom. The molecule has 0 amide bonds. The highest BCUT2D eigenvalue weighted by molar-refractivity contribution is 5.39. The molecule has 0 atom stereocenters. The molecule has 0 N–H and O–H groups in total. The van der Waals surface area contributed by atoms with Crippen LogP contribution in [0.2, 0.25) is 0 Å². The van der Waals surface area contributed by atoms with Crippen molar-refractivity contribution in [3.8, 4) is 0 Å². The molecule has 4 heteroatoms. The molecule has 1 aromatic rings. The fraction of sp³-hybridized carbons (Fsp3) is 0.667. The van der Waals surface area contributed by atoms with Gasteiger partial charge in [-0.15, -0.1) is 0 Å². The third kappa shape index (κ3) is 3.43. The lowest BCUT2D eigenvalue weighted by Gasteiger charge is -2.21. The van der Waals surface area contributed by atoms with Crippen molar-refractivity contribution in [2.75, 3.05) is 18.0 Å². The molecular weight excluding hydrogens is 246 g/mol. The second-order valence-electron chi connectivity index (χ2n) is 5.87. The second kappa shape index (κ2) is 5.06. The van der Waals surface area contributed by atoms with Crippen LogP contribution in [0.4, 0.5) is 14.6 Å². The number of anilines is 1. The molecular formula is C15H20F2N2. The van der Waals surface area contributed by atoms with E-state index in [0.29, 0.717) is 19.5 Å². The number of aromatic nitrogens is 1. The van der Waals surface area contributed by atoms with Crippen molar-refractivity contribution in [2.45, 2.75) is 44.4 Å². The van der Waals surface area contributed by atoms with E-state index < -0.39 is 5.92 Å². The number of hydrogen-bond acceptors (Lipinski definition) is 2. The van der Waals surface area contributed by atoms with Gasteiger partial charge in [-0.05, 0) is 43.2 Å². The van der Waals surface area contributed by atoms with Crippen molar-refractivity contribution in [3.05, 3.63) is 23.9 Å². The van der Waals surface area contributed by atoms with Gasteiger partial charge in [0.25, 0.3) is 0 Å². The number of alkyl halides is 2.